The highest BCUT2D eigenvalue weighted by Gasteiger charge is 2.16. The molecule has 106 valence electrons. The molecule has 5 heteroatoms. The molecule has 1 atom stereocenters. The lowest BCUT2D eigenvalue weighted by atomic mass is 9.95. The maximum atomic E-state index is 11.5. The molecule has 1 aromatic carbocycles. The molecule has 0 radical (unpaired) electrons. The van der Waals surface area contributed by atoms with E-state index in [1.165, 1.54) is 6.92 Å². The Balaban J connectivity index is 0.00000154. The summed E-state index contributed by atoms with van der Waals surface area (Å²) >= 11 is 5.78. The minimum atomic E-state index is -0.441. The minimum Gasteiger partial charge on any atom is -0.369 e. The number of ketones is 1. The number of amides is 1. The van der Waals surface area contributed by atoms with Crippen LogP contribution in [0.2, 0.25) is 5.02 Å². The number of primary amides is 1. The van der Waals surface area contributed by atoms with Crippen LogP contribution < -0.4 is 11.1 Å². The fraction of sp³-hybridized carbons (Fsp3) is 0.429. The normalized spacial score (nSPS) is 11.2. The van der Waals surface area contributed by atoms with Crippen LogP contribution in [-0.4, -0.2) is 24.8 Å². The highest BCUT2D eigenvalue weighted by atomic mass is 35.5. The van der Waals surface area contributed by atoms with E-state index in [4.69, 9.17) is 17.3 Å². The van der Waals surface area contributed by atoms with Crippen LogP contribution in [0.5, 0.6) is 0 Å². The summed E-state index contributed by atoms with van der Waals surface area (Å²) in [6, 6.07) is 7.09. The van der Waals surface area contributed by atoms with E-state index in [9.17, 15) is 9.59 Å². The summed E-state index contributed by atoms with van der Waals surface area (Å²) in [7, 11) is 0. The second-order valence-electron chi connectivity index (χ2n) is 3.81. The topological polar surface area (TPSA) is 72.2 Å². The molecular weight excluding hydrogens is 264 g/mol. The third kappa shape index (κ3) is 6.94. The Bertz CT molecular complexity index is 404. The summed E-state index contributed by atoms with van der Waals surface area (Å²) < 4.78 is 0. The number of hydrogen-bond acceptors (Lipinski definition) is 3. The zero-order chi connectivity index (χ0) is 14.8. The van der Waals surface area contributed by atoms with Crippen LogP contribution in [-0.2, 0) is 9.59 Å². The van der Waals surface area contributed by atoms with Crippen molar-refractivity contribution < 1.29 is 9.59 Å². The molecule has 1 amide bonds. The van der Waals surface area contributed by atoms with Gasteiger partial charge in [0.05, 0.1) is 12.5 Å². The fourth-order valence-corrected chi connectivity index (χ4v) is 1.66. The zero-order valence-corrected chi connectivity index (χ0v) is 12.3. The quantitative estimate of drug-likeness (QED) is 0.840. The van der Waals surface area contributed by atoms with E-state index in [1.807, 2.05) is 13.8 Å². The van der Waals surface area contributed by atoms with E-state index >= 15 is 0 Å². The molecular formula is C14H21ClN2O2. The number of benzene rings is 1. The number of carbonyl (C=O) groups is 2. The number of carbonyl (C=O) groups excluding carboxylic acids is 2. The molecule has 0 spiro atoms. The van der Waals surface area contributed by atoms with E-state index in [2.05, 4.69) is 5.32 Å². The summed E-state index contributed by atoms with van der Waals surface area (Å²) in [5.41, 5.74) is 5.88. The van der Waals surface area contributed by atoms with Crippen LogP contribution in [0.1, 0.15) is 32.3 Å². The van der Waals surface area contributed by atoms with Crippen LogP contribution >= 0.6 is 11.6 Å². The van der Waals surface area contributed by atoms with Gasteiger partial charge in [0.25, 0.3) is 0 Å². The monoisotopic (exact) mass is 284 g/mol. The van der Waals surface area contributed by atoms with Crippen LogP contribution in [0.4, 0.5) is 0 Å². The van der Waals surface area contributed by atoms with Crippen molar-refractivity contribution >= 4 is 23.3 Å². The number of nitrogens with two attached hydrogens (primary N) is 1. The van der Waals surface area contributed by atoms with Crippen molar-refractivity contribution in [2.45, 2.75) is 26.7 Å². The number of halogens is 1. The SMILES string of the molecule is CC.CC(=O)C(CNCC(N)=O)c1ccc(Cl)cc1. The van der Waals surface area contributed by atoms with Crippen LogP contribution in [0.15, 0.2) is 24.3 Å². The third-order valence-corrected chi connectivity index (χ3v) is 2.66. The van der Waals surface area contributed by atoms with Gasteiger partial charge in [0, 0.05) is 11.6 Å². The predicted molar refractivity (Wildman–Crippen MR) is 78.3 cm³/mol. The second kappa shape index (κ2) is 9.53. The second-order valence-corrected chi connectivity index (χ2v) is 4.25. The molecule has 0 aromatic heterocycles. The molecule has 19 heavy (non-hydrogen) atoms. The largest absolute Gasteiger partial charge is 0.369 e. The highest BCUT2D eigenvalue weighted by Crippen LogP contribution is 2.18. The van der Waals surface area contributed by atoms with Crippen molar-refractivity contribution in [3.8, 4) is 0 Å². The van der Waals surface area contributed by atoms with Gasteiger partial charge in [0.15, 0.2) is 0 Å². The maximum absolute atomic E-state index is 11.5. The number of Topliss-reactive ketones (excluding diaryl/α,β-unsaturated/α-hetero) is 1. The Morgan fingerprint density at radius 1 is 1.26 bits per heavy atom. The molecule has 3 N–H and O–H groups in total. The summed E-state index contributed by atoms with van der Waals surface area (Å²) in [5, 5.41) is 3.48. The van der Waals surface area contributed by atoms with Crippen molar-refractivity contribution in [1.29, 1.82) is 0 Å². The van der Waals surface area contributed by atoms with Gasteiger partial charge in [0.1, 0.15) is 5.78 Å². The van der Waals surface area contributed by atoms with Crippen molar-refractivity contribution in [1.82, 2.24) is 5.32 Å². The molecule has 0 fully saturated rings. The van der Waals surface area contributed by atoms with E-state index in [-0.39, 0.29) is 18.2 Å². The molecule has 0 aliphatic carbocycles. The van der Waals surface area contributed by atoms with Gasteiger partial charge in [-0.1, -0.05) is 37.6 Å². The Kier molecular flexibility index (Phi) is 8.83. The molecule has 0 bridgehead atoms. The fourth-order valence-electron chi connectivity index (χ4n) is 1.53. The van der Waals surface area contributed by atoms with Gasteiger partial charge in [-0.25, -0.2) is 0 Å². The third-order valence-electron chi connectivity index (χ3n) is 2.41. The molecule has 0 saturated carbocycles. The van der Waals surface area contributed by atoms with Gasteiger partial charge in [-0.05, 0) is 24.6 Å². The summed E-state index contributed by atoms with van der Waals surface area (Å²) in [6.45, 7) is 5.97. The lowest BCUT2D eigenvalue weighted by molar-refractivity contribution is -0.119. The van der Waals surface area contributed by atoms with Gasteiger partial charge in [-0.2, -0.15) is 0 Å². The van der Waals surface area contributed by atoms with Gasteiger partial charge in [-0.3, -0.25) is 9.59 Å². The molecule has 1 aromatic rings. The van der Waals surface area contributed by atoms with Crippen molar-refractivity contribution in [3.63, 3.8) is 0 Å². The molecule has 0 saturated heterocycles. The standard InChI is InChI=1S/C12H15ClN2O2.C2H6/c1-8(16)11(6-15-7-12(14)17)9-2-4-10(13)5-3-9;1-2/h2-5,11,15H,6-7H2,1H3,(H2,14,17);1-2H3. The van der Waals surface area contributed by atoms with Crippen LogP contribution in [0.3, 0.4) is 0 Å². The average Bonchev–Trinajstić information content (AvgIpc) is 2.38. The number of hydrogen-bond donors (Lipinski definition) is 2. The highest BCUT2D eigenvalue weighted by molar-refractivity contribution is 6.30. The Morgan fingerprint density at radius 3 is 2.21 bits per heavy atom. The first-order valence-electron chi connectivity index (χ1n) is 6.25. The first kappa shape index (κ1) is 17.6. The smallest absolute Gasteiger partial charge is 0.231 e. The van der Waals surface area contributed by atoms with Gasteiger partial charge >= 0.3 is 0 Å². The summed E-state index contributed by atoms with van der Waals surface area (Å²) in [4.78, 5) is 22.1. The molecule has 0 aliphatic rings. The Labute approximate surface area is 119 Å². The lowest BCUT2D eigenvalue weighted by Gasteiger charge is -2.14. The lowest BCUT2D eigenvalue weighted by Crippen LogP contribution is -2.33. The maximum Gasteiger partial charge on any atom is 0.231 e. The van der Waals surface area contributed by atoms with Gasteiger partial charge < -0.3 is 11.1 Å². The minimum absolute atomic E-state index is 0.0318. The van der Waals surface area contributed by atoms with E-state index in [0.29, 0.717) is 11.6 Å². The molecule has 1 unspecified atom stereocenters. The van der Waals surface area contributed by atoms with E-state index in [0.717, 1.165) is 5.56 Å². The van der Waals surface area contributed by atoms with Gasteiger partial charge in [0.2, 0.25) is 5.91 Å². The Morgan fingerprint density at radius 2 is 1.79 bits per heavy atom. The summed E-state index contributed by atoms with van der Waals surface area (Å²) in [5.74, 6) is -0.695. The Hall–Kier alpha value is -1.39. The van der Waals surface area contributed by atoms with E-state index < -0.39 is 5.91 Å². The van der Waals surface area contributed by atoms with Crippen molar-refractivity contribution in [2.24, 2.45) is 5.73 Å². The van der Waals surface area contributed by atoms with Gasteiger partial charge in [-0.15, -0.1) is 0 Å². The molecule has 1 rings (SSSR count). The van der Waals surface area contributed by atoms with Crippen molar-refractivity contribution in [3.05, 3.63) is 34.9 Å². The zero-order valence-electron chi connectivity index (χ0n) is 11.6. The summed E-state index contributed by atoms with van der Waals surface area (Å²) in [6.07, 6.45) is 0. The first-order valence-corrected chi connectivity index (χ1v) is 6.63. The number of rotatable bonds is 6. The first-order chi connectivity index (χ1) is 9.00. The average molecular weight is 285 g/mol. The predicted octanol–water partition coefficient (Wildman–Crippen LogP) is 2.11. The van der Waals surface area contributed by atoms with Crippen molar-refractivity contribution in [2.75, 3.05) is 13.1 Å². The molecule has 4 nitrogen and oxygen atoms in total. The molecule has 0 heterocycles. The van der Waals surface area contributed by atoms with E-state index in [1.54, 1.807) is 24.3 Å². The number of nitrogens with one attached hydrogen (secondary N) is 1. The molecule has 0 aliphatic heterocycles. The van der Waals surface area contributed by atoms with Crippen LogP contribution in [0.25, 0.3) is 0 Å². The van der Waals surface area contributed by atoms with Crippen LogP contribution in [0, 0.1) is 0 Å².